The van der Waals surface area contributed by atoms with E-state index in [-0.39, 0.29) is 0 Å². The molecule has 0 aromatic heterocycles. The van der Waals surface area contributed by atoms with E-state index in [0.717, 1.165) is 33.4 Å². The van der Waals surface area contributed by atoms with Crippen LogP contribution >= 0.6 is 11.6 Å². The molecular weight excluding hydrogens is 310 g/mol. The summed E-state index contributed by atoms with van der Waals surface area (Å²) in [5.74, 6) is 1.65. The number of aliphatic imine (C=N–C) groups is 1. The van der Waals surface area contributed by atoms with Crippen LogP contribution in [0.25, 0.3) is 0 Å². The maximum absolute atomic E-state index is 5.89. The van der Waals surface area contributed by atoms with Gasteiger partial charge in [-0.3, -0.25) is 4.99 Å². The van der Waals surface area contributed by atoms with Crippen LogP contribution in [-0.2, 0) is 13.1 Å². The van der Waals surface area contributed by atoms with Gasteiger partial charge < -0.3 is 15.4 Å². The zero-order chi connectivity index (χ0) is 16.7. The molecule has 0 saturated heterocycles. The van der Waals surface area contributed by atoms with Crippen LogP contribution in [0.5, 0.6) is 5.75 Å². The summed E-state index contributed by atoms with van der Waals surface area (Å²) in [7, 11) is 3.44. The average molecular weight is 332 g/mol. The molecule has 2 aromatic rings. The predicted octanol–water partition coefficient (Wildman–Crippen LogP) is 3.52. The molecule has 0 aliphatic heterocycles. The largest absolute Gasteiger partial charge is 0.496 e. The first-order valence-electron chi connectivity index (χ1n) is 7.45. The van der Waals surface area contributed by atoms with Crippen molar-refractivity contribution in [3.63, 3.8) is 0 Å². The number of benzene rings is 2. The first-order chi connectivity index (χ1) is 11.1. The van der Waals surface area contributed by atoms with Gasteiger partial charge in [0.15, 0.2) is 5.96 Å². The second-order valence-electron chi connectivity index (χ2n) is 5.21. The summed E-state index contributed by atoms with van der Waals surface area (Å²) >= 11 is 5.89. The van der Waals surface area contributed by atoms with Gasteiger partial charge in [0.1, 0.15) is 5.75 Å². The number of hydrogen-bond acceptors (Lipinski definition) is 2. The summed E-state index contributed by atoms with van der Waals surface area (Å²) in [6.07, 6.45) is 0. The summed E-state index contributed by atoms with van der Waals surface area (Å²) in [6, 6.07) is 13.9. The number of hydrogen-bond donors (Lipinski definition) is 2. The molecule has 4 nitrogen and oxygen atoms in total. The number of halogens is 1. The van der Waals surface area contributed by atoms with Crippen molar-refractivity contribution < 1.29 is 4.74 Å². The van der Waals surface area contributed by atoms with Gasteiger partial charge in [-0.05, 0) is 41.8 Å². The minimum Gasteiger partial charge on any atom is -0.496 e. The van der Waals surface area contributed by atoms with Crippen molar-refractivity contribution in [1.82, 2.24) is 10.6 Å². The molecule has 0 atom stereocenters. The fourth-order valence-corrected chi connectivity index (χ4v) is 2.29. The number of rotatable bonds is 5. The van der Waals surface area contributed by atoms with Crippen molar-refractivity contribution in [2.45, 2.75) is 20.0 Å². The fourth-order valence-electron chi connectivity index (χ4n) is 2.17. The van der Waals surface area contributed by atoms with Gasteiger partial charge in [0, 0.05) is 25.2 Å². The van der Waals surface area contributed by atoms with Crippen LogP contribution in [0.1, 0.15) is 16.7 Å². The van der Waals surface area contributed by atoms with E-state index in [2.05, 4.69) is 27.8 Å². The van der Waals surface area contributed by atoms with Gasteiger partial charge in [0.05, 0.1) is 7.11 Å². The lowest BCUT2D eigenvalue weighted by molar-refractivity contribution is 0.411. The van der Waals surface area contributed by atoms with E-state index in [1.165, 1.54) is 0 Å². The Labute approximate surface area is 142 Å². The maximum Gasteiger partial charge on any atom is 0.191 e. The molecule has 0 fully saturated rings. The van der Waals surface area contributed by atoms with Crippen LogP contribution in [0.15, 0.2) is 47.5 Å². The molecule has 122 valence electrons. The van der Waals surface area contributed by atoms with Crippen molar-refractivity contribution in [2.75, 3.05) is 14.2 Å². The van der Waals surface area contributed by atoms with E-state index in [1.54, 1.807) is 14.2 Å². The summed E-state index contributed by atoms with van der Waals surface area (Å²) in [6.45, 7) is 3.40. The van der Waals surface area contributed by atoms with Crippen molar-refractivity contribution >= 4 is 17.6 Å². The quantitative estimate of drug-likeness (QED) is 0.651. The predicted molar refractivity (Wildman–Crippen MR) is 96.2 cm³/mol. The summed E-state index contributed by atoms with van der Waals surface area (Å²) < 4.78 is 5.35. The van der Waals surface area contributed by atoms with Gasteiger partial charge in [0.25, 0.3) is 0 Å². The van der Waals surface area contributed by atoms with Crippen molar-refractivity contribution in [1.29, 1.82) is 0 Å². The standard InChI is InChI=1S/C18H22ClN3O/c1-13-4-5-15(10-17(13)23-3)12-22-18(20-2)21-11-14-6-8-16(19)9-7-14/h4-10H,11-12H2,1-3H3,(H2,20,21,22). The minimum atomic E-state index is 0.678. The molecule has 0 radical (unpaired) electrons. The SMILES string of the molecule is CN=C(NCc1ccc(Cl)cc1)NCc1ccc(C)c(OC)c1. The summed E-state index contributed by atoms with van der Waals surface area (Å²) in [5, 5.41) is 7.32. The zero-order valence-corrected chi connectivity index (χ0v) is 14.4. The molecule has 0 amide bonds. The second-order valence-corrected chi connectivity index (χ2v) is 5.65. The highest BCUT2D eigenvalue weighted by Crippen LogP contribution is 2.18. The van der Waals surface area contributed by atoms with Gasteiger partial charge in [-0.2, -0.15) is 0 Å². The number of ether oxygens (including phenoxy) is 1. The first-order valence-corrected chi connectivity index (χ1v) is 7.82. The van der Waals surface area contributed by atoms with Crippen LogP contribution in [-0.4, -0.2) is 20.1 Å². The van der Waals surface area contributed by atoms with E-state index in [4.69, 9.17) is 16.3 Å². The molecule has 0 aliphatic carbocycles. The van der Waals surface area contributed by atoms with Crippen molar-refractivity contribution in [3.8, 4) is 5.75 Å². The highest BCUT2D eigenvalue weighted by molar-refractivity contribution is 6.30. The monoisotopic (exact) mass is 331 g/mol. The van der Waals surface area contributed by atoms with Crippen molar-refractivity contribution in [3.05, 3.63) is 64.2 Å². The Morgan fingerprint density at radius 1 is 1.04 bits per heavy atom. The molecule has 0 aliphatic rings. The number of nitrogens with zero attached hydrogens (tertiary/aromatic N) is 1. The van der Waals surface area contributed by atoms with Crippen LogP contribution < -0.4 is 15.4 Å². The van der Waals surface area contributed by atoms with Gasteiger partial charge in [0.2, 0.25) is 0 Å². The highest BCUT2D eigenvalue weighted by atomic mass is 35.5. The average Bonchev–Trinajstić information content (AvgIpc) is 2.57. The van der Waals surface area contributed by atoms with E-state index in [0.29, 0.717) is 13.1 Å². The molecule has 0 spiro atoms. The van der Waals surface area contributed by atoms with E-state index >= 15 is 0 Å². The number of guanidine groups is 1. The Morgan fingerprint density at radius 3 is 2.26 bits per heavy atom. The highest BCUT2D eigenvalue weighted by Gasteiger charge is 2.02. The van der Waals surface area contributed by atoms with E-state index in [9.17, 15) is 0 Å². The number of aryl methyl sites for hydroxylation is 1. The second kappa shape index (κ2) is 8.44. The molecule has 5 heteroatoms. The molecule has 0 heterocycles. The van der Waals surface area contributed by atoms with Crippen LogP contribution in [0.2, 0.25) is 5.02 Å². The van der Waals surface area contributed by atoms with Gasteiger partial charge >= 0.3 is 0 Å². The topological polar surface area (TPSA) is 45.7 Å². The molecule has 2 N–H and O–H groups in total. The van der Waals surface area contributed by atoms with Crippen LogP contribution in [0.3, 0.4) is 0 Å². The fraction of sp³-hybridized carbons (Fsp3) is 0.278. The number of nitrogens with one attached hydrogen (secondary N) is 2. The van der Waals surface area contributed by atoms with Gasteiger partial charge in [-0.15, -0.1) is 0 Å². The summed E-state index contributed by atoms with van der Waals surface area (Å²) in [4.78, 5) is 4.23. The Kier molecular flexibility index (Phi) is 6.29. The lowest BCUT2D eigenvalue weighted by Gasteiger charge is -2.13. The Balaban J connectivity index is 1.89. The molecule has 2 rings (SSSR count). The van der Waals surface area contributed by atoms with Gasteiger partial charge in [-0.1, -0.05) is 35.9 Å². The molecule has 23 heavy (non-hydrogen) atoms. The minimum absolute atomic E-state index is 0.678. The third-order valence-electron chi connectivity index (χ3n) is 3.53. The normalized spacial score (nSPS) is 11.2. The third kappa shape index (κ3) is 5.18. The Morgan fingerprint density at radius 2 is 1.65 bits per heavy atom. The smallest absolute Gasteiger partial charge is 0.191 e. The zero-order valence-electron chi connectivity index (χ0n) is 13.7. The molecule has 0 unspecified atom stereocenters. The molecule has 0 bridgehead atoms. The van der Waals surface area contributed by atoms with Crippen LogP contribution in [0, 0.1) is 6.92 Å². The molecule has 2 aromatic carbocycles. The number of methoxy groups -OCH3 is 1. The first kappa shape index (κ1) is 17.2. The maximum atomic E-state index is 5.89. The summed E-state index contributed by atoms with van der Waals surface area (Å²) in [5.41, 5.74) is 3.41. The van der Waals surface area contributed by atoms with E-state index in [1.807, 2.05) is 37.3 Å². The van der Waals surface area contributed by atoms with Crippen LogP contribution in [0.4, 0.5) is 0 Å². The Bertz CT molecular complexity index is 668. The molecular formula is C18H22ClN3O. The van der Waals surface area contributed by atoms with E-state index < -0.39 is 0 Å². The lowest BCUT2D eigenvalue weighted by atomic mass is 10.1. The lowest BCUT2D eigenvalue weighted by Crippen LogP contribution is -2.36. The van der Waals surface area contributed by atoms with Gasteiger partial charge in [-0.25, -0.2) is 0 Å². The third-order valence-corrected chi connectivity index (χ3v) is 3.78. The Hall–Kier alpha value is -2.20. The molecule has 0 saturated carbocycles. The van der Waals surface area contributed by atoms with Crippen molar-refractivity contribution in [2.24, 2.45) is 4.99 Å².